The SMILES string of the molecule is CCOC(=O)C1=C(C)NC(C)=C(C(=O)OCC)C1C(=O)OCc1c(C)noc1C. The van der Waals surface area contributed by atoms with Gasteiger partial charge in [0, 0.05) is 11.4 Å². The molecule has 29 heavy (non-hydrogen) atoms. The fourth-order valence-electron chi connectivity index (χ4n) is 3.12. The summed E-state index contributed by atoms with van der Waals surface area (Å²) in [6.45, 7) is 10.1. The zero-order valence-electron chi connectivity index (χ0n) is 17.5. The molecule has 2 heterocycles. The van der Waals surface area contributed by atoms with Gasteiger partial charge in [0.2, 0.25) is 0 Å². The molecular weight excluding hydrogens is 380 g/mol. The maximum atomic E-state index is 13.1. The molecule has 0 atom stereocenters. The summed E-state index contributed by atoms with van der Waals surface area (Å²) in [7, 11) is 0. The average Bonchev–Trinajstić information content (AvgIpc) is 2.97. The Hall–Kier alpha value is -3.10. The van der Waals surface area contributed by atoms with Crippen LogP contribution in [-0.4, -0.2) is 36.3 Å². The highest BCUT2D eigenvalue weighted by Crippen LogP contribution is 2.33. The van der Waals surface area contributed by atoms with Crippen molar-refractivity contribution in [2.45, 2.75) is 48.1 Å². The molecular formula is C20H26N2O7. The Balaban J connectivity index is 2.41. The molecule has 1 N–H and O–H groups in total. The molecule has 0 amide bonds. The van der Waals surface area contributed by atoms with Crippen molar-refractivity contribution in [1.29, 1.82) is 0 Å². The van der Waals surface area contributed by atoms with Gasteiger partial charge in [-0.3, -0.25) is 4.79 Å². The Morgan fingerprint density at radius 2 is 1.45 bits per heavy atom. The summed E-state index contributed by atoms with van der Waals surface area (Å²) in [6, 6.07) is 0. The zero-order valence-corrected chi connectivity index (χ0v) is 17.5. The van der Waals surface area contributed by atoms with Gasteiger partial charge in [-0.25, -0.2) is 9.59 Å². The van der Waals surface area contributed by atoms with Gasteiger partial charge in [-0.15, -0.1) is 0 Å². The van der Waals surface area contributed by atoms with E-state index in [1.807, 2.05) is 0 Å². The van der Waals surface area contributed by atoms with Crippen molar-refractivity contribution >= 4 is 17.9 Å². The zero-order chi connectivity index (χ0) is 21.7. The fourth-order valence-corrected chi connectivity index (χ4v) is 3.12. The van der Waals surface area contributed by atoms with Crippen molar-refractivity contribution in [3.8, 4) is 0 Å². The minimum absolute atomic E-state index is 0.0178. The van der Waals surface area contributed by atoms with Crippen LogP contribution in [0.15, 0.2) is 27.1 Å². The molecule has 9 nitrogen and oxygen atoms in total. The van der Waals surface area contributed by atoms with Crippen LogP contribution in [0.4, 0.5) is 0 Å². The van der Waals surface area contributed by atoms with E-state index in [0.717, 1.165) is 0 Å². The minimum atomic E-state index is -1.27. The highest BCUT2D eigenvalue weighted by molar-refractivity contribution is 6.05. The van der Waals surface area contributed by atoms with Crippen LogP contribution in [-0.2, 0) is 35.2 Å². The molecule has 0 spiro atoms. The number of aromatic nitrogens is 1. The monoisotopic (exact) mass is 406 g/mol. The van der Waals surface area contributed by atoms with Gasteiger partial charge in [-0.05, 0) is 41.5 Å². The number of carbonyl (C=O) groups is 3. The Kier molecular flexibility index (Phi) is 7.19. The van der Waals surface area contributed by atoms with Crippen LogP contribution in [0.1, 0.15) is 44.7 Å². The lowest BCUT2D eigenvalue weighted by Gasteiger charge is -2.28. The van der Waals surface area contributed by atoms with Gasteiger partial charge in [0.05, 0.1) is 35.6 Å². The molecule has 9 heteroatoms. The van der Waals surface area contributed by atoms with Crippen molar-refractivity contribution in [1.82, 2.24) is 10.5 Å². The lowest BCUT2D eigenvalue weighted by Crippen LogP contribution is -2.38. The van der Waals surface area contributed by atoms with Gasteiger partial charge in [0.1, 0.15) is 18.3 Å². The third-order valence-corrected chi connectivity index (χ3v) is 4.53. The number of nitrogens with zero attached hydrogens (tertiary/aromatic N) is 1. The summed E-state index contributed by atoms with van der Waals surface area (Å²) in [5.74, 6) is -2.92. The minimum Gasteiger partial charge on any atom is -0.463 e. The number of carbonyl (C=O) groups excluding carboxylic acids is 3. The van der Waals surface area contributed by atoms with Gasteiger partial charge in [0.15, 0.2) is 0 Å². The summed E-state index contributed by atoms with van der Waals surface area (Å²) in [6.07, 6.45) is 0. The van der Waals surface area contributed by atoms with Gasteiger partial charge in [0.25, 0.3) is 0 Å². The second-order valence-corrected chi connectivity index (χ2v) is 6.49. The molecule has 0 fully saturated rings. The van der Waals surface area contributed by atoms with Crippen LogP contribution in [0.5, 0.6) is 0 Å². The van der Waals surface area contributed by atoms with Crippen LogP contribution in [0.3, 0.4) is 0 Å². The second kappa shape index (κ2) is 9.40. The quantitative estimate of drug-likeness (QED) is 0.537. The first kappa shape index (κ1) is 22.2. The number of esters is 3. The Morgan fingerprint density at radius 1 is 0.931 bits per heavy atom. The normalized spacial score (nSPS) is 14.6. The number of ether oxygens (including phenoxy) is 3. The first-order chi connectivity index (χ1) is 13.7. The van der Waals surface area contributed by atoms with E-state index in [4.69, 9.17) is 18.7 Å². The van der Waals surface area contributed by atoms with Crippen LogP contribution >= 0.6 is 0 Å². The molecule has 1 aromatic heterocycles. The summed E-state index contributed by atoms with van der Waals surface area (Å²) in [4.78, 5) is 38.2. The van der Waals surface area contributed by atoms with E-state index in [0.29, 0.717) is 28.4 Å². The lowest BCUT2D eigenvalue weighted by molar-refractivity contribution is -0.152. The number of rotatable bonds is 7. The molecule has 158 valence electrons. The van der Waals surface area contributed by atoms with Crippen LogP contribution in [0, 0.1) is 19.8 Å². The summed E-state index contributed by atoms with van der Waals surface area (Å²) >= 11 is 0. The maximum Gasteiger partial charge on any atom is 0.337 e. The highest BCUT2D eigenvalue weighted by Gasteiger charge is 2.42. The number of dihydropyridines is 1. The van der Waals surface area contributed by atoms with E-state index < -0.39 is 23.8 Å². The third kappa shape index (κ3) is 4.67. The predicted octanol–water partition coefficient (Wildman–Crippen LogP) is 2.23. The molecule has 0 bridgehead atoms. The molecule has 0 aromatic carbocycles. The van der Waals surface area contributed by atoms with Crippen molar-refractivity contribution in [3.05, 3.63) is 39.6 Å². The molecule has 1 aliphatic heterocycles. The van der Waals surface area contributed by atoms with Crippen molar-refractivity contribution < 1.29 is 33.1 Å². The summed E-state index contributed by atoms with van der Waals surface area (Å²) in [5.41, 5.74) is 2.08. The fraction of sp³-hybridized carbons (Fsp3) is 0.500. The van der Waals surface area contributed by atoms with Crippen molar-refractivity contribution in [3.63, 3.8) is 0 Å². The number of hydrogen-bond donors (Lipinski definition) is 1. The van der Waals surface area contributed by atoms with Crippen LogP contribution in [0.2, 0.25) is 0 Å². The van der Waals surface area contributed by atoms with E-state index in [1.54, 1.807) is 41.5 Å². The Bertz CT molecular complexity index is 820. The number of aryl methyl sites for hydroxylation is 2. The smallest absolute Gasteiger partial charge is 0.337 e. The predicted molar refractivity (Wildman–Crippen MR) is 101 cm³/mol. The largest absolute Gasteiger partial charge is 0.463 e. The Labute approximate surface area is 169 Å². The summed E-state index contributed by atoms with van der Waals surface area (Å²) in [5, 5.41) is 6.78. The van der Waals surface area contributed by atoms with Gasteiger partial charge >= 0.3 is 17.9 Å². The molecule has 0 aliphatic carbocycles. The topological polar surface area (TPSA) is 117 Å². The number of allylic oxidation sites excluding steroid dienone is 2. The molecule has 1 aliphatic rings. The van der Waals surface area contributed by atoms with E-state index in [-0.39, 0.29) is 31.0 Å². The maximum absolute atomic E-state index is 13.1. The van der Waals surface area contributed by atoms with Crippen molar-refractivity contribution in [2.75, 3.05) is 13.2 Å². The summed E-state index contributed by atoms with van der Waals surface area (Å²) < 4.78 is 20.7. The average molecular weight is 406 g/mol. The van der Waals surface area contributed by atoms with Gasteiger partial charge in [-0.2, -0.15) is 0 Å². The van der Waals surface area contributed by atoms with E-state index >= 15 is 0 Å². The van der Waals surface area contributed by atoms with Crippen molar-refractivity contribution in [2.24, 2.45) is 5.92 Å². The van der Waals surface area contributed by atoms with Gasteiger partial charge in [-0.1, -0.05) is 5.16 Å². The lowest BCUT2D eigenvalue weighted by atomic mass is 9.85. The standard InChI is InChI=1S/C20H26N2O7/c1-7-26-18(23)15-11(4)21-12(5)16(19(24)27-8-2)17(15)20(25)28-9-14-10(3)22-29-13(14)6/h17,21H,7-9H2,1-6H3. The molecule has 0 unspecified atom stereocenters. The van der Waals surface area contributed by atoms with Crippen LogP contribution in [0.25, 0.3) is 0 Å². The first-order valence-electron chi connectivity index (χ1n) is 9.33. The van der Waals surface area contributed by atoms with E-state index in [2.05, 4.69) is 10.5 Å². The van der Waals surface area contributed by atoms with Gasteiger partial charge < -0.3 is 24.1 Å². The molecule has 0 saturated carbocycles. The molecule has 2 rings (SSSR count). The van der Waals surface area contributed by atoms with Crippen LogP contribution < -0.4 is 5.32 Å². The van der Waals surface area contributed by atoms with E-state index in [9.17, 15) is 14.4 Å². The second-order valence-electron chi connectivity index (χ2n) is 6.49. The molecule has 0 saturated heterocycles. The molecule has 0 radical (unpaired) electrons. The third-order valence-electron chi connectivity index (χ3n) is 4.53. The number of hydrogen-bond acceptors (Lipinski definition) is 9. The Morgan fingerprint density at radius 3 is 1.86 bits per heavy atom. The van der Waals surface area contributed by atoms with E-state index in [1.165, 1.54) is 0 Å². The number of nitrogens with one attached hydrogen (secondary N) is 1. The first-order valence-corrected chi connectivity index (χ1v) is 9.33. The molecule has 1 aromatic rings. The highest BCUT2D eigenvalue weighted by atomic mass is 16.5.